The molecule has 0 amide bonds. The Balaban J connectivity index is 2.07. The summed E-state index contributed by atoms with van der Waals surface area (Å²) in [4.78, 5) is 0. The lowest BCUT2D eigenvalue weighted by atomic mass is 10.2. The van der Waals surface area contributed by atoms with Crippen LogP contribution in [0.25, 0.3) is 0 Å². The fourth-order valence-corrected chi connectivity index (χ4v) is 1.48. The summed E-state index contributed by atoms with van der Waals surface area (Å²) in [5.41, 5.74) is 5.85. The maximum absolute atomic E-state index is 5.32. The van der Waals surface area contributed by atoms with E-state index in [2.05, 4.69) is 27.6 Å². The zero-order valence-corrected chi connectivity index (χ0v) is 10.2. The molecule has 1 N–H and O–H groups in total. The molecule has 0 heterocycles. The molecule has 0 aromatic heterocycles. The molecule has 3 nitrogen and oxygen atoms in total. The summed E-state index contributed by atoms with van der Waals surface area (Å²) in [7, 11) is 0. The van der Waals surface area contributed by atoms with E-state index in [9.17, 15) is 0 Å². The van der Waals surface area contributed by atoms with Crippen LogP contribution in [0.2, 0.25) is 0 Å². The maximum atomic E-state index is 5.32. The second-order valence-electron chi connectivity index (χ2n) is 3.73. The summed E-state index contributed by atoms with van der Waals surface area (Å²) in [5, 5.41) is 7.93. The second-order valence-corrected chi connectivity index (χ2v) is 3.73. The monoisotopic (exact) mass is 245 g/mol. The number of hydrogen-bond acceptors (Lipinski definition) is 2. The van der Waals surface area contributed by atoms with E-state index >= 15 is 0 Å². The number of terminal acetylenes is 2. The third-order valence-electron chi connectivity index (χ3n) is 2.39. The van der Waals surface area contributed by atoms with Gasteiger partial charge in [0.15, 0.2) is 0 Å². The Labute approximate surface area is 112 Å². The lowest BCUT2D eigenvalue weighted by Crippen LogP contribution is -1.86. The molecule has 3 heteroatoms. The first-order valence-electron chi connectivity index (χ1n) is 5.62. The summed E-state index contributed by atoms with van der Waals surface area (Å²) in [5.74, 6) is 5.10. The Bertz CT molecular complexity index is 688. The molecular formula is C16H11N3. The van der Waals surface area contributed by atoms with Crippen molar-refractivity contribution in [1.82, 2.24) is 0 Å². The molecule has 0 bridgehead atoms. The predicted molar refractivity (Wildman–Crippen MR) is 76.9 cm³/mol. The lowest BCUT2D eigenvalue weighted by Gasteiger charge is -1.99. The summed E-state index contributed by atoms with van der Waals surface area (Å²) >= 11 is 0. The van der Waals surface area contributed by atoms with Crippen LogP contribution in [0.4, 0.5) is 11.4 Å². The zero-order chi connectivity index (χ0) is 13.5. The Hall–Kier alpha value is -3.04. The number of rotatable bonds is 3. The summed E-state index contributed by atoms with van der Waals surface area (Å²) in [6, 6.07) is 14.7. The average molecular weight is 245 g/mol. The van der Waals surface area contributed by atoms with Gasteiger partial charge in [-0.2, -0.15) is 0 Å². The molecule has 2 aromatic rings. The SMILES string of the molecule is C#Cc1cccc(/N=N/Nc2cccc(C#C)c2)c1. The highest BCUT2D eigenvalue weighted by atomic mass is 15.4. The van der Waals surface area contributed by atoms with E-state index in [1.165, 1.54) is 0 Å². The van der Waals surface area contributed by atoms with E-state index < -0.39 is 0 Å². The van der Waals surface area contributed by atoms with Gasteiger partial charge in [0.25, 0.3) is 0 Å². The smallest absolute Gasteiger partial charge is 0.0886 e. The van der Waals surface area contributed by atoms with Crippen molar-refractivity contribution in [3.8, 4) is 24.7 Å². The van der Waals surface area contributed by atoms with Crippen LogP contribution in [-0.4, -0.2) is 0 Å². The van der Waals surface area contributed by atoms with Crippen molar-refractivity contribution < 1.29 is 0 Å². The first kappa shape index (κ1) is 12.4. The van der Waals surface area contributed by atoms with Crippen LogP contribution in [0.1, 0.15) is 11.1 Å². The normalized spacial score (nSPS) is 9.79. The average Bonchev–Trinajstić information content (AvgIpc) is 2.48. The predicted octanol–water partition coefficient (Wildman–Crippen LogP) is 3.76. The van der Waals surface area contributed by atoms with Gasteiger partial charge in [-0.05, 0) is 36.4 Å². The summed E-state index contributed by atoms with van der Waals surface area (Å²) in [6.07, 6.45) is 10.6. The first-order chi connectivity index (χ1) is 9.31. The van der Waals surface area contributed by atoms with Gasteiger partial charge in [-0.25, -0.2) is 0 Å². The number of nitrogens with zero attached hydrogens (tertiary/aromatic N) is 2. The van der Waals surface area contributed by atoms with Crippen molar-refractivity contribution in [3.63, 3.8) is 0 Å². The molecule has 0 spiro atoms. The highest BCUT2D eigenvalue weighted by Crippen LogP contribution is 2.15. The number of nitrogens with one attached hydrogen (secondary N) is 1. The minimum absolute atomic E-state index is 0.691. The standard InChI is InChI=1S/C16H11N3/c1-3-13-7-5-9-15(11-13)17-19-18-16-10-6-8-14(4-2)12-16/h1-2,5-12H,(H,17,18). The van der Waals surface area contributed by atoms with E-state index in [0.29, 0.717) is 5.69 Å². The maximum Gasteiger partial charge on any atom is 0.0886 e. The zero-order valence-electron chi connectivity index (χ0n) is 10.2. The molecule has 0 unspecified atom stereocenters. The van der Waals surface area contributed by atoms with Crippen LogP contribution in [0.3, 0.4) is 0 Å². The van der Waals surface area contributed by atoms with Crippen LogP contribution in [0.5, 0.6) is 0 Å². The van der Waals surface area contributed by atoms with E-state index in [1.807, 2.05) is 42.5 Å². The van der Waals surface area contributed by atoms with Crippen LogP contribution in [-0.2, 0) is 0 Å². The van der Waals surface area contributed by atoms with Crippen LogP contribution >= 0.6 is 0 Å². The minimum Gasteiger partial charge on any atom is -0.260 e. The highest BCUT2D eigenvalue weighted by Gasteiger charge is 1.93. The van der Waals surface area contributed by atoms with Crippen molar-refractivity contribution in [2.45, 2.75) is 0 Å². The second kappa shape index (κ2) is 6.05. The van der Waals surface area contributed by atoms with Gasteiger partial charge in [-0.1, -0.05) is 29.2 Å². The van der Waals surface area contributed by atoms with Crippen LogP contribution < -0.4 is 5.43 Å². The highest BCUT2D eigenvalue weighted by molar-refractivity contribution is 5.49. The van der Waals surface area contributed by atoms with Crippen molar-refractivity contribution in [3.05, 3.63) is 59.7 Å². The lowest BCUT2D eigenvalue weighted by molar-refractivity contribution is 1.13. The van der Waals surface area contributed by atoms with E-state index in [1.54, 1.807) is 6.07 Å². The van der Waals surface area contributed by atoms with Crippen LogP contribution in [0.15, 0.2) is 58.9 Å². The Morgan fingerprint density at radius 2 is 1.58 bits per heavy atom. The van der Waals surface area contributed by atoms with Crippen molar-refractivity contribution in [2.24, 2.45) is 10.3 Å². The van der Waals surface area contributed by atoms with Gasteiger partial charge in [-0.3, -0.25) is 5.43 Å². The number of hydrogen-bond donors (Lipinski definition) is 1. The topological polar surface area (TPSA) is 36.8 Å². The van der Waals surface area contributed by atoms with Crippen LogP contribution in [0, 0.1) is 24.7 Å². The molecule has 0 saturated heterocycles. The Morgan fingerprint density at radius 3 is 2.32 bits per heavy atom. The van der Waals surface area contributed by atoms with E-state index in [4.69, 9.17) is 12.8 Å². The molecule has 19 heavy (non-hydrogen) atoms. The molecule has 0 aliphatic heterocycles. The molecule has 0 aliphatic rings. The van der Waals surface area contributed by atoms with Gasteiger partial charge < -0.3 is 0 Å². The molecule has 0 radical (unpaired) electrons. The summed E-state index contributed by atoms with van der Waals surface area (Å²) in [6.45, 7) is 0. The fourth-order valence-electron chi connectivity index (χ4n) is 1.48. The van der Waals surface area contributed by atoms with Crippen molar-refractivity contribution >= 4 is 11.4 Å². The molecule has 90 valence electrons. The third kappa shape index (κ3) is 3.46. The van der Waals surface area contributed by atoms with Gasteiger partial charge in [0.05, 0.1) is 11.4 Å². The van der Waals surface area contributed by atoms with Gasteiger partial charge in [0.2, 0.25) is 0 Å². The molecule has 0 atom stereocenters. The molecule has 0 aliphatic carbocycles. The number of benzene rings is 2. The number of anilines is 1. The van der Waals surface area contributed by atoms with E-state index in [0.717, 1.165) is 16.8 Å². The van der Waals surface area contributed by atoms with Gasteiger partial charge in [0, 0.05) is 11.1 Å². The fraction of sp³-hybridized carbons (Fsp3) is 0. The van der Waals surface area contributed by atoms with E-state index in [-0.39, 0.29) is 0 Å². The van der Waals surface area contributed by atoms with Gasteiger partial charge in [-0.15, -0.1) is 18.0 Å². The quantitative estimate of drug-likeness (QED) is 0.499. The first-order valence-corrected chi connectivity index (χ1v) is 5.62. The third-order valence-corrected chi connectivity index (χ3v) is 2.39. The molecular weight excluding hydrogens is 234 g/mol. The van der Waals surface area contributed by atoms with Gasteiger partial charge >= 0.3 is 0 Å². The van der Waals surface area contributed by atoms with Gasteiger partial charge in [0.1, 0.15) is 0 Å². The van der Waals surface area contributed by atoms with Crippen molar-refractivity contribution in [2.75, 3.05) is 5.43 Å². The minimum atomic E-state index is 0.691. The van der Waals surface area contributed by atoms with Crippen molar-refractivity contribution in [1.29, 1.82) is 0 Å². The largest absolute Gasteiger partial charge is 0.260 e. The molecule has 0 saturated carbocycles. The molecule has 0 fully saturated rings. The Morgan fingerprint density at radius 1 is 0.895 bits per heavy atom. The molecule has 2 aromatic carbocycles. The molecule has 2 rings (SSSR count). The Kier molecular flexibility index (Phi) is 3.95. The summed E-state index contributed by atoms with van der Waals surface area (Å²) < 4.78 is 0.